The number of anilines is 1. The van der Waals surface area contributed by atoms with Crippen LogP contribution < -0.4 is 5.32 Å². The Hall–Kier alpha value is -2.45. The quantitative estimate of drug-likeness (QED) is 0.796. The normalized spacial score (nSPS) is 12.3. The van der Waals surface area contributed by atoms with Gasteiger partial charge in [-0.15, -0.1) is 0 Å². The maximum Gasteiger partial charge on any atom is 0.340 e. The first-order valence-corrected chi connectivity index (χ1v) is 9.38. The lowest BCUT2D eigenvalue weighted by Crippen LogP contribution is -2.30. The van der Waals surface area contributed by atoms with E-state index in [0.717, 1.165) is 6.26 Å². The van der Waals surface area contributed by atoms with Gasteiger partial charge in [-0.2, -0.15) is 0 Å². The predicted octanol–water partition coefficient (Wildman–Crippen LogP) is 2.32. The summed E-state index contributed by atoms with van der Waals surface area (Å²) >= 11 is 5.71. The molecule has 0 aliphatic carbocycles. The third-order valence-corrected chi connectivity index (χ3v) is 4.52. The van der Waals surface area contributed by atoms with Gasteiger partial charge < -0.3 is 10.1 Å². The Morgan fingerprint density at radius 3 is 2.48 bits per heavy atom. The van der Waals surface area contributed by atoms with Gasteiger partial charge in [0, 0.05) is 12.5 Å². The first kappa shape index (κ1) is 18.9. The van der Waals surface area contributed by atoms with Crippen molar-refractivity contribution < 1.29 is 22.7 Å². The molecule has 0 bridgehead atoms. The average Bonchev–Trinajstić information content (AvgIpc) is 2.56. The summed E-state index contributed by atoms with van der Waals surface area (Å²) in [5, 5.41) is 2.88. The SMILES string of the molecule is C[C@H](OC(=O)c1ccccc1S(C)(=O)=O)C(=O)Nc1ccc(Cl)cn1. The van der Waals surface area contributed by atoms with Crippen molar-refractivity contribution in [3.05, 3.63) is 53.2 Å². The second kappa shape index (κ2) is 7.62. The number of pyridine rings is 1. The summed E-state index contributed by atoms with van der Waals surface area (Å²) in [6.07, 6.45) is 1.19. The number of amides is 1. The molecule has 9 heteroatoms. The third kappa shape index (κ3) is 5.01. The Morgan fingerprint density at radius 2 is 1.88 bits per heavy atom. The molecule has 1 N–H and O–H groups in total. The Balaban J connectivity index is 2.10. The molecule has 1 heterocycles. The molecule has 1 aromatic carbocycles. The summed E-state index contributed by atoms with van der Waals surface area (Å²) in [5.41, 5.74) is -0.130. The Kier molecular flexibility index (Phi) is 5.76. The number of hydrogen-bond donors (Lipinski definition) is 1. The van der Waals surface area contributed by atoms with Crippen LogP contribution in [0, 0.1) is 0 Å². The minimum atomic E-state index is -3.61. The number of sulfone groups is 1. The molecule has 1 amide bonds. The van der Waals surface area contributed by atoms with E-state index >= 15 is 0 Å². The van der Waals surface area contributed by atoms with Crippen molar-refractivity contribution in [2.75, 3.05) is 11.6 Å². The van der Waals surface area contributed by atoms with Crippen molar-refractivity contribution in [3.8, 4) is 0 Å². The fourth-order valence-corrected chi connectivity index (χ4v) is 2.90. The van der Waals surface area contributed by atoms with Crippen molar-refractivity contribution in [1.29, 1.82) is 0 Å². The van der Waals surface area contributed by atoms with Gasteiger partial charge in [0.25, 0.3) is 5.91 Å². The zero-order valence-electron chi connectivity index (χ0n) is 13.4. The van der Waals surface area contributed by atoms with E-state index in [9.17, 15) is 18.0 Å². The van der Waals surface area contributed by atoms with Crippen LogP contribution in [0.1, 0.15) is 17.3 Å². The number of esters is 1. The standard InChI is InChI=1S/C16H15ClN2O5S/c1-10(15(20)19-14-8-7-11(17)9-18-14)24-16(21)12-5-3-4-6-13(12)25(2,22)23/h3-10H,1-2H3,(H,18,19,20)/t10-/m0/s1. The Morgan fingerprint density at radius 1 is 1.20 bits per heavy atom. The molecule has 0 spiro atoms. The van der Waals surface area contributed by atoms with Crippen molar-refractivity contribution in [1.82, 2.24) is 4.98 Å². The largest absolute Gasteiger partial charge is 0.449 e. The monoisotopic (exact) mass is 382 g/mol. The van der Waals surface area contributed by atoms with E-state index in [4.69, 9.17) is 16.3 Å². The fraction of sp³-hybridized carbons (Fsp3) is 0.188. The molecule has 0 unspecified atom stereocenters. The average molecular weight is 383 g/mol. The number of carbonyl (C=O) groups excluding carboxylic acids is 2. The number of carbonyl (C=O) groups is 2. The molecule has 1 atom stereocenters. The number of aromatic nitrogens is 1. The molecule has 0 aliphatic heterocycles. The summed E-state index contributed by atoms with van der Waals surface area (Å²) in [4.78, 5) is 28.0. The molecule has 1 aromatic heterocycles. The van der Waals surface area contributed by atoms with Gasteiger partial charge in [-0.05, 0) is 31.2 Å². The molecule has 7 nitrogen and oxygen atoms in total. The number of rotatable bonds is 5. The minimum Gasteiger partial charge on any atom is -0.449 e. The number of nitrogens with one attached hydrogen (secondary N) is 1. The topological polar surface area (TPSA) is 102 Å². The second-order valence-corrected chi connectivity index (χ2v) is 7.59. The smallest absolute Gasteiger partial charge is 0.340 e. The highest BCUT2D eigenvalue weighted by Crippen LogP contribution is 2.17. The van der Waals surface area contributed by atoms with Gasteiger partial charge in [0.1, 0.15) is 5.82 Å². The molecule has 2 aromatic rings. The van der Waals surface area contributed by atoms with Crippen LogP contribution >= 0.6 is 11.6 Å². The summed E-state index contributed by atoms with van der Waals surface area (Å²) < 4.78 is 28.5. The maximum atomic E-state index is 12.2. The van der Waals surface area contributed by atoms with Gasteiger partial charge >= 0.3 is 5.97 Å². The van der Waals surface area contributed by atoms with Crippen LogP contribution in [-0.4, -0.2) is 37.6 Å². The van der Waals surface area contributed by atoms with Gasteiger partial charge in [-0.3, -0.25) is 4.79 Å². The molecular weight excluding hydrogens is 368 g/mol. The molecule has 0 fully saturated rings. The van der Waals surface area contributed by atoms with Crippen molar-refractivity contribution >= 4 is 39.1 Å². The molecule has 132 valence electrons. The first-order chi connectivity index (χ1) is 11.7. The molecule has 0 saturated heterocycles. The zero-order valence-corrected chi connectivity index (χ0v) is 15.0. The lowest BCUT2D eigenvalue weighted by Gasteiger charge is -2.14. The number of ether oxygens (including phenoxy) is 1. The zero-order chi connectivity index (χ0) is 18.6. The maximum absolute atomic E-state index is 12.2. The van der Waals surface area contributed by atoms with Crippen molar-refractivity contribution in [2.45, 2.75) is 17.9 Å². The summed E-state index contributed by atoms with van der Waals surface area (Å²) in [6, 6.07) is 8.67. The number of nitrogens with zero attached hydrogens (tertiary/aromatic N) is 1. The van der Waals surface area contributed by atoms with E-state index < -0.39 is 27.8 Å². The minimum absolute atomic E-state index is 0.130. The molecule has 0 saturated carbocycles. The van der Waals surface area contributed by atoms with Crippen molar-refractivity contribution in [3.63, 3.8) is 0 Å². The van der Waals surface area contributed by atoms with E-state index in [1.165, 1.54) is 43.5 Å². The van der Waals surface area contributed by atoms with E-state index in [1.54, 1.807) is 6.07 Å². The van der Waals surface area contributed by atoms with E-state index in [-0.39, 0.29) is 16.3 Å². The lowest BCUT2D eigenvalue weighted by molar-refractivity contribution is -0.123. The van der Waals surface area contributed by atoms with Gasteiger partial charge in [-0.25, -0.2) is 18.2 Å². The fourth-order valence-electron chi connectivity index (χ4n) is 1.91. The van der Waals surface area contributed by atoms with Gasteiger partial charge in [-0.1, -0.05) is 23.7 Å². The summed E-state index contributed by atoms with van der Waals surface area (Å²) in [6.45, 7) is 1.37. The van der Waals surface area contributed by atoms with E-state index in [1.807, 2.05) is 0 Å². The van der Waals surface area contributed by atoms with Crippen LogP contribution in [0.15, 0.2) is 47.5 Å². The highest BCUT2D eigenvalue weighted by Gasteiger charge is 2.24. The molecule has 0 radical (unpaired) electrons. The number of halogens is 1. The van der Waals surface area contributed by atoms with Crippen LogP contribution in [0.3, 0.4) is 0 Å². The van der Waals surface area contributed by atoms with E-state index in [2.05, 4.69) is 10.3 Å². The Labute approximate surface area is 149 Å². The second-order valence-electron chi connectivity index (χ2n) is 5.17. The summed E-state index contributed by atoms with van der Waals surface area (Å²) in [7, 11) is -3.61. The highest BCUT2D eigenvalue weighted by atomic mass is 35.5. The molecule has 25 heavy (non-hydrogen) atoms. The van der Waals surface area contributed by atoms with Gasteiger partial charge in [0.05, 0.1) is 15.5 Å². The summed E-state index contributed by atoms with van der Waals surface area (Å²) in [5.74, 6) is -1.28. The first-order valence-electron chi connectivity index (χ1n) is 7.11. The van der Waals surface area contributed by atoms with Crippen LogP contribution in [0.25, 0.3) is 0 Å². The Bertz CT molecular complexity index is 897. The van der Waals surface area contributed by atoms with Gasteiger partial charge in [0.15, 0.2) is 15.9 Å². The van der Waals surface area contributed by atoms with Crippen molar-refractivity contribution in [2.24, 2.45) is 0 Å². The van der Waals surface area contributed by atoms with Crippen LogP contribution in [-0.2, 0) is 19.4 Å². The third-order valence-electron chi connectivity index (χ3n) is 3.14. The predicted molar refractivity (Wildman–Crippen MR) is 92.3 cm³/mol. The van der Waals surface area contributed by atoms with Crippen LogP contribution in [0.5, 0.6) is 0 Å². The molecular formula is C16H15ClN2O5S. The van der Waals surface area contributed by atoms with Gasteiger partial charge in [0.2, 0.25) is 0 Å². The molecule has 2 rings (SSSR count). The van der Waals surface area contributed by atoms with Crippen LogP contribution in [0.4, 0.5) is 5.82 Å². The van der Waals surface area contributed by atoms with E-state index in [0.29, 0.717) is 5.02 Å². The molecule has 0 aliphatic rings. The number of hydrogen-bond acceptors (Lipinski definition) is 6. The highest BCUT2D eigenvalue weighted by molar-refractivity contribution is 7.90. The number of benzene rings is 1. The lowest BCUT2D eigenvalue weighted by atomic mass is 10.2. The van der Waals surface area contributed by atoms with Crippen LogP contribution in [0.2, 0.25) is 5.02 Å².